The van der Waals surface area contributed by atoms with Gasteiger partial charge in [-0.05, 0) is 78.6 Å². The number of nitrogens with one attached hydrogen (secondary N) is 1. The van der Waals surface area contributed by atoms with Crippen LogP contribution in [0.25, 0.3) is 27.6 Å². The van der Waals surface area contributed by atoms with E-state index in [1.165, 1.54) is 35.4 Å². The van der Waals surface area contributed by atoms with Crippen molar-refractivity contribution in [2.24, 2.45) is 0 Å². The fourth-order valence-electron chi connectivity index (χ4n) is 4.52. The molecule has 0 aliphatic carbocycles. The van der Waals surface area contributed by atoms with Gasteiger partial charge in [0.1, 0.15) is 11.6 Å². The van der Waals surface area contributed by atoms with Gasteiger partial charge in [0.25, 0.3) is 5.91 Å². The molecule has 1 N–H and O–H groups in total. The topological polar surface area (TPSA) is 71.6 Å². The number of halogens is 1. The van der Waals surface area contributed by atoms with E-state index >= 15 is 0 Å². The highest BCUT2D eigenvalue weighted by Gasteiger charge is 2.28. The molecule has 1 amide bonds. The zero-order valence-electron chi connectivity index (χ0n) is 20.0. The molecular formula is C29H25FN2O4. The first-order valence-corrected chi connectivity index (χ1v) is 11.7. The van der Waals surface area contributed by atoms with E-state index < -0.39 is 11.8 Å². The number of hydrogen-bond acceptors (Lipinski definition) is 4. The van der Waals surface area contributed by atoms with Gasteiger partial charge < -0.3 is 19.4 Å². The van der Waals surface area contributed by atoms with E-state index in [9.17, 15) is 14.0 Å². The summed E-state index contributed by atoms with van der Waals surface area (Å²) in [6, 6.07) is 19.3. The van der Waals surface area contributed by atoms with Crippen LogP contribution in [0.2, 0.25) is 0 Å². The van der Waals surface area contributed by atoms with E-state index in [0.29, 0.717) is 24.2 Å². The van der Waals surface area contributed by atoms with Gasteiger partial charge in [0.05, 0.1) is 25.0 Å². The molecule has 6 nitrogen and oxygen atoms in total. The first kappa shape index (κ1) is 23.4. The van der Waals surface area contributed by atoms with Gasteiger partial charge in [-0.1, -0.05) is 18.2 Å². The van der Waals surface area contributed by atoms with E-state index in [-0.39, 0.29) is 18.1 Å². The van der Waals surface area contributed by atoms with Crippen LogP contribution in [-0.2, 0) is 16.0 Å². The largest absolute Gasteiger partial charge is 0.497 e. The van der Waals surface area contributed by atoms with Gasteiger partial charge in [-0.25, -0.2) is 9.18 Å². The molecule has 3 aromatic carbocycles. The molecule has 7 heteroatoms. The number of carbonyl (C=O) groups is 2. The first-order valence-electron chi connectivity index (χ1n) is 11.7. The zero-order valence-corrected chi connectivity index (χ0v) is 20.0. The van der Waals surface area contributed by atoms with Crippen molar-refractivity contribution < 1.29 is 23.5 Å². The Morgan fingerprint density at radius 3 is 2.56 bits per heavy atom. The van der Waals surface area contributed by atoms with Crippen LogP contribution < -0.4 is 4.74 Å². The average molecular weight is 485 g/mol. The van der Waals surface area contributed by atoms with Crippen LogP contribution in [0, 0.1) is 5.82 Å². The predicted molar refractivity (Wildman–Crippen MR) is 136 cm³/mol. The Balaban J connectivity index is 1.58. The summed E-state index contributed by atoms with van der Waals surface area (Å²) in [5.41, 5.74) is 5.09. The summed E-state index contributed by atoms with van der Waals surface area (Å²) in [6.45, 7) is 2.29. The molecule has 0 atom stereocenters. The molecule has 0 saturated heterocycles. The van der Waals surface area contributed by atoms with Gasteiger partial charge in [-0.2, -0.15) is 0 Å². The SMILES string of the molecule is CCOC(=O)C1=CN(C(=O)c2ccc(F)cc2)CCc2c1[nH]c1ccc(-c3cccc(OC)c3)cc21. The lowest BCUT2D eigenvalue weighted by Gasteiger charge is -2.18. The van der Waals surface area contributed by atoms with Crippen molar-refractivity contribution in [1.29, 1.82) is 0 Å². The third kappa shape index (κ3) is 4.35. The van der Waals surface area contributed by atoms with Crippen molar-refractivity contribution in [3.05, 3.63) is 95.6 Å². The minimum atomic E-state index is -0.517. The quantitative estimate of drug-likeness (QED) is 0.375. The fraction of sp³-hybridized carbons (Fsp3) is 0.172. The molecule has 0 fully saturated rings. The van der Waals surface area contributed by atoms with Gasteiger partial charge in [0.15, 0.2) is 0 Å². The van der Waals surface area contributed by atoms with Crippen LogP contribution in [0.1, 0.15) is 28.5 Å². The van der Waals surface area contributed by atoms with Gasteiger partial charge in [-0.3, -0.25) is 4.79 Å². The molecule has 4 aromatic rings. The van der Waals surface area contributed by atoms with E-state index in [2.05, 4.69) is 11.1 Å². The summed E-state index contributed by atoms with van der Waals surface area (Å²) in [5.74, 6) is -0.484. The second-order valence-electron chi connectivity index (χ2n) is 8.49. The average Bonchev–Trinajstić information content (AvgIpc) is 3.15. The number of methoxy groups -OCH3 is 1. The molecule has 1 aliphatic rings. The Morgan fingerprint density at radius 2 is 1.81 bits per heavy atom. The van der Waals surface area contributed by atoms with Crippen LogP contribution >= 0.6 is 0 Å². The Morgan fingerprint density at radius 1 is 1.03 bits per heavy atom. The molecule has 0 spiro atoms. The number of aromatic amines is 1. The summed E-state index contributed by atoms with van der Waals surface area (Å²) in [4.78, 5) is 31.1. The molecule has 2 heterocycles. The minimum Gasteiger partial charge on any atom is -0.497 e. The van der Waals surface area contributed by atoms with E-state index in [1.807, 2.05) is 36.4 Å². The maximum absolute atomic E-state index is 13.4. The molecule has 0 radical (unpaired) electrons. The van der Waals surface area contributed by atoms with Gasteiger partial charge >= 0.3 is 5.97 Å². The third-order valence-electron chi connectivity index (χ3n) is 6.31. The van der Waals surface area contributed by atoms with Crippen molar-refractivity contribution in [3.63, 3.8) is 0 Å². The van der Waals surface area contributed by atoms with Crippen molar-refractivity contribution in [1.82, 2.24) is 9.88 Å². The number of fused-ring (bicyclic) bond motifs is 3. The highest BCUT2D eigenvalue weighted by Crippen LogP contribution is 2.35. The summed E-state index contributed by atoms with van der Waals surface area (Å²) < 4.78 is 24.1. The lowest BCUT2D eigenvalue weighted by molar-refractivity contribution is -0.136. The second kappa shape index (κ2) is 9.70. The fourth-order valence-corrected chi connectivity index (χ4v) is 4.52. The van der Waals surface area contributed by atoms with E-state index in [1.54, 1.807) is 14.0 Å². The Labute approximate surface area is 208 Å². The normalized spacial score (nSPS) is 13.1. The van der Waals surface area contributed by atoms with Crippen LogP contribution in [0.5, 0.6) is 5.75 Å². The van der Waals surface area contributed by atoms with Crippen LogP contribution in [0.4, 0.5) is 4.39 Å². The number of rotatable bonds is 5. The Bertz CT molecular complexity index is 1490. The van der Waals surface area contributed by atoms with E-state index in [4.69, 9.17) is 9.47 Å². The third-order valence-corrected chi connectivity index (χ3v) is 6.31. The molecule has 0 bridgehead atoms. The maximum Gasteiger partial charge on any atom is 0.341 e. The smallest absolute Gasteiger partial charge is 0.341 e. The van der Waals surface area contributed by atoms with Gasteiger partial charge in [0, 0.05) is 29.2 Å². The summed E-state index contributed by atoms with van der Waals surface area (Å²) in [6.07, 6.45) is 2.05. The van der Waals surface area contributed by atoms with Crippen molar-refractivity contribution in [3.8, 4) is 16.9 Å². The van der Waals surface area contributed by atoms with Gasteiger partial charge in [-0.15, -0.1) is 0 Å². The number of benzene rings is 3. The van der Waals surface area contributed by atoms with Crippen LogP contribution in [0.3, 0.4) is 0 Å². The monoisotopic (exact) mass is 484 g/mol. The van der Waals surface area contributed by atoms with Crippen molar-refractivity contribution in [2.45, 2.75) is 13.3 Å². The molecule has 0 unspecified atom stereocenters. The number of hydrogen-bond donors (Lipinski definition) is 1. The summed E-state index contributed by atoms with van der Waals surface area (Å²) in [5, 5.41) is 0.969. The molecule has 36 heavy (non-hydrogen) atoms. The maximum atomic E-state index is 13.4. The van der Waals surface area contributed by atoms with Crippen LogP contribution in [0.15, 0.2) is 72.9 Å². The molecule has 1 aliphatic heterocycles. The molecule has 1 aromatic heterocycles. The van der Waals surface area contributed by atoms with Crippen molar-refractivity contribution >= 4 is 28.4 Å². The number of nitrogens with zero attached hydrogens (tertiary/aromatic N) is 1. The standard InChI is InChI=1S/C29H25FN2O4/c1-3-36-29(34)25-17-32(28(33)18-7-10-21(30)11-8-18)14-13-23-24-16-20(9-12-26(24)31-27(23)25)19-5-4-6-22(15-19)35-2/h4-12,15-17,31H,3,13-14H2,1-2H3. The van der Waals surface area contributed by atoms with E-state index in [0.717, 1.165) is 33.3 Å². The number of carbonyl (C=O) groups excluding carboxylic acids is 2. The van der Waals surface area contributed by atoms with Gasteiger partial charge in [0.2, 0.25) is 0 Å². The van der Waals surface area contributed by atoms with Crippen molar-refractivity contribution in [2.75, 3.05) is 20.3 Å². The lowest BCUT2D eigenvalue weighted by Crippen LogP contribution is -2.28. The highest BCUT2D eigenvalue weighted by molar-refractivity contribution is 6.18. The number of aromatic nitrogens is 1. The summed E-state index contributed by atoms with van der Waals surface area (Å²) in [7, 11) is 1.64. The number of H-pyrrole nitrogens is 1. The Kier molecular flexibility index (Phi) is 6.29. The zero-order chi connectivity index (χ0) is 25.2. The Hall–Kier alpha value is -4.39. The predicted octanol–water partition coefficient (Wildman–Crippen LogP) is 5.59. The summed E-state index contributed by atoms with van der Waals surface area (Å²) >= 11 is 0. The molecule has 0 saturated carbocycles. The lowest BCUT2D eigenvalue weighted by atomic mass is 9.99. The highest BCUT2D eigenvalue weighted by atomic mass is 19.1. The number of ether oxygens (including phenoxy) is 2. The first-order chi connectivity index (χ1) is 17.5. The molecule has 5 rings (SSSR count). The second-order valence-corrected chi connectivity index (χ2v) is 8.49. The molecule has 182 valence electrons. The molecular weight excluding hydrogens is 459 g/mol. The minimum absolute atomic E-state index is 0.206. The van der Waals surface area contributed by atoms with Crippen LogP contribution in [-0.4, -0.2) is 42.0 Å². The number of amides is 1. The number of esters is 1.